The smallest absolute Gasteiger partial charge is 0.160 e. The Morgan fingerprint density at radius 2 is 0.763 bits per heavy atom. The van der Waals surface area contributed by atoms with Crippen LogP contribution in [0.15, 0.2) is 188 Å². The molecule has 10 aromatic rings. The van der Waals surface area contributed by atoms with Gasteiger partial charge in [0.25, 0.3) is 0 Å². The van der Waals surface area contributed by atoms with Crippen molar-refractivity contribution in [3.8, 4) is 85.6 Å². The van der Waals surface area contributed by atoms with Gasteiger partial charge in [0.2, 0.25) is 0 Å². The highest BCUT2D eigenvalue weighted by atomic mass is 15.0. The number of hydrogen-bond acceptors (Lipinski definition) is 6. The maximum atomic E-state index is 10.1. The van der Waals surface area contributed by atoms with Gasteiger partial charge in [0, 0.05) is 44.2 Å². The quantitative estimate of drug-likeness (QED) is 0.160. The molecule has 10 rings (SSSR count). The van der Waals surface area contributed by atoms with Crippen LogP contribution in [0.3, 0.4) is 0 Å². The van der Waals surface area contributed by atoms with E-state index in [1.165, 1.54) is 0 Å². The molecule has 0 saturated carbocycles. The molecule has 0 fully saturated rings. The van der Waals surface area contributed by atoms with Crippen molar-refractivity contribution < 1.29 is 0 Å². The summed E-state index contributed by atoms with van der Waals surface area (Å²) in [5.41, 5.74) is 11.9. The van der Waals surface area contributed by atoms with E-state index in [1.54, 1.807) is 0 Å². The molecule has 0 radical (unpaired) electrons. The van der Waals surface area contributed by atoms with Crippen LogP contribution in [0.25, 0.3) is 95.3 Å². The minimum Gasteiger partial charge on any atom is -0.308 e. The third kappa shape index (κ3) is 6.55. The normalized spacial score (nSPS) is 11.0. The van der Waals surface area contributed by atoms with Crippen LogP contribution in [-0.4, -0.2) is 24.5 Å². The summed E-state index contributed by atoms with van der Waals surface area (Å²) in [6.07, 6.45) is 0. The first kappa shape index (κ1) is 34.9. The fraction of sp³-hybridized carbons (Fsp3) is 0. The molecule has 274 valence electrons. The van der Waals surface area contributed by atoms with E-state index in [0.29, 0.717) is 28.5 Å². The number of rotatable bonds is 7. The van der Waals surface area contributed by atoms with Gasteiger partial charge in [-0.1, -0.05) is 133 Å². The Morgan fingerprint density at radius 3 is 1.22 bits per heavy atom. The van der Waals surface area contributed by atoms with Crippen LogP contribution in [0.4, 0.5) is 0 Å². The van der Waals surface area contributed by atoms with E-state index in [1.807, 2.05) is 152 Å². The van der Waals surface area contributed by atoms with Gasteiger partial charge in [0.15, 0.2) is 11.6 Å². The zero-order valence-corrected chi connectivity index (χ0v) is 31.5. The molecule has 0 spiro atoms. The Bertz CT molecular complexity index is 3090. The first-order chi connectivity index (χ1) is 29.1. The molecule has 0 saturated heterocycles. The van der Waals surface area contributed by atoms with Crippen LogP contribution in [0.1, 0.15) is 11.1 Å². The third-order valence-electron chi connectivity index (χ3n) is 10.5. The highest BCUT2D eigenvalue weighted by Crippen LogP contribution is 2.40. The van der Waals surface area contributed by atoms with Gasteiger partial charge in [-0.15, -0.1) is 0 Å². The molecule has 0 N–H and O–H groups in total. The molecule has 0 aliphatic carbocycles. The zero-order valence-electron chi connectivity index (χ0n) is 31.5. The SMILES string of the molecule is N#Cc1ccc2c3ccc(C#N)cc3n(-c3ccc(-c4nc(-c5ccccc5)cc(-c5ccccc5)n4)cc3-c3cc(-c4ccccc4)nc(-c4ccccc4)n3)c2c1. The Morgan fingerprint density at radius 1 is 0.356 bits per heavy atom. The maximum Gasteiger partial charge on any atom is 0.160 e. The predicted octanol–water partition coefficient (Wildman–Crippen LogP) is 12.1. The van der Waals surface area contributed by atoms with Gasteiger partial charge in [-0.25, -0.2) is 19.9 Å². The number of benzene rings is 7. The molecule has 0 bridgehead atoms. The van der Waals surface area contributed by atoms with Crippen LogP contribution in [-0.2, 0) is 0 Å². The van der Waals surface area contributed by atoms with Crippen LogP contribution < -0.4 is 0 Å². The summed E-state index contributed by atoms with van der Waals surface area (Å²) in [7, 11) is 0. The maximum absolute atomic E-state index is 10.1. The van der Waals surface area contributed by atoms with Crippen molar-refractivity contribution in [3.05, 3.63) is 199 Å². The highest BCUT2D eigenvalue weighted by Gasteiger charge is 2.21. The highest BCUT2D eigenvalue weighted by molar-refractivity contribution is 6.10. The number of hydrogen-bond donors (Lipinski definition) is 0. The Hall–Kier alpha value is -8.52. The second-order valence-corrected chi connectivity index (χ2v) is 14.1. The summed E-state index contributed by atoms with van der Waals surface area (Å²) in [6.45, 7) is 0. The topological polar surface area (TPSA) is 104 Å². The van der Waals surface area contributed by atoms with Crippen molar-refractivity contribution in [2.24, 2.45) is 0 Å². The van der Waals surface area contributed by atoms with E-state index in [2.05, 4.69) is 53.1 Å². The van der Waals surface area contributed by atoms with Gasteiger partial charge in [-0.2, -0.15) is 10.5 Å². The van der Waals surface area contributed by atoms with E-state index in [4.69, 9.17) is 19.9 Å². The lowest BCUT2D eigenvalue weighted by Gasteiger charge is -2.17. The molecule has 59 heavy (non-hydrogen) atoms. The molecule has 0 unspecified atom stereocenters. The fourth-order valence-corrected chi connectivity index (χ4v) is 7.64. The average Bonchev–Trinajstić information content (AvgIpc) is 3.64. The first-order valence-electron chi connectivity index (χ1n) is 19.2. The lowest BCUT2D eigenvalue weighted by Crippen LogP contribution is -2.02. The van der Waals surface area contributed by atoms with Crippen LogP contribution in [0.5, 0.6) is 0 Å². The predicted molar refractivity (Wildman–Crippen MR) is 234 cm³/mol. The first-order valence-corrected chi connectivity index (χ1v) is 19.2. The summed E-state index contributed by atoms with van der Waals surface area (Å²) in [5.74, 6) is 1.13. The number of nitriles is 2. The molecule has 0 atom stereocenters. The lowest BCUT2D eigenvalue weighted by atomic mass is 10.0. The average molecular weight is 754 g/mol. The summed E-state index contributed by atoms with van der Waals surface area (Å²) in [6, 6.07) is 66.7. The molecule has 0 amide bonds. The Kier molecular flexibility index (Phi) is 8.80. The molecule has 3 aromatic heterocycles. The van der Waals surface area contributed by atoms with Crippen molar-refractivity contribution in [3.63, 3.8) is 0 Å². The molecule has 7 heteroatoms. The van der Waals surface area contributed by atoms with Gasteiger partial charge < -0.3 is 4.57 Å². The summed E-state index contributed by atoms with van der Waals surface area (Å²) < 4.78 is 2.13. The van der Waals surface area contributed by atoms with Crippen molar-refractivity contribution >= 4 is 21.8 Å². The van der Waals surface area contributed by atoms with E-state index in [0.717, 1.165) is 78.0 Å². The number of nitrogens with zero attached hydrogens (tertiary/aromatic N) is 7. The largest absolute Gasteiger partial charge is 0.308 e. The lowest BCUT2D eigenvalue weighted by molar-refractivity contribution is 1.14. The molecule has 0 aliphatic heterocycles. The Balaban J connectivity index is 1.30. The Labute approximate surface area is 340 Å². The second kappa shape index (κ2) is 14.9. The van der Waals surface area contributed by atoms with Crippen molar-refractivity contribution in [2.45, 2.75) is 0 Å². The van der Waals surface area contributed by atoms with E-state index < -0.39 is 0 Å². The fourth-order valence-electron chi connectivity index (χ4n) is 7.64. The molecule has 0 aliphatic rings. The van der Waals surface area contributed by atoms with E-state index in [9.17, 15) is 10.5 Å². The molecule has 7 aromatic carbocycles. The molecule has 3 heterocycles. The van der Waals surface area contributed by atoms with Crippen molar-refractivity contribution in [1.29, 1.82) is 10.5 Å². The molecule has 7 nitrogen and oxygen atoms in total. The van der Waals surface area contributed by atoms with Crippen LogP contribution in [0.2, 0.25) is 0 Å². The summed E-state index contributed by atoms with van der Waals surface area (Å²) in [4.78, 5) is 20.7. The molecular weight excluding hydrogens is 723 g/mol. The van der Waals surface area contributed by atoms with Gasteiger partial charge in [-0.05, 0) is 54.6 Å². The van der Waals surface area contributed by atoms with Crippen LogP contribution in [0, 0.1) is 22.7 Å². The summed E-state index contributed by atoms with van der Waals surface area (Å²) >= 11 is 0. The van der Waals surface area contributed by atoms with Gasteiger partial charge in [0.1, 0.15) is 0 Å². The van der Waals surface area contributed by atoms with Crippen molar-refractivity contribution in [2.75, 3.05) is 0 Å². The standard InChI is InChI=1S/C52H31N7/c53-32-34-21-24-41-42-25-22-35(33-54)28-50(42)59(49(41)27-34)48-26-23-40(52-56-44(36-13-5-1-6-14-36)30-45(57-52)37-15-7-2-8-16-37)29-43(48)47-31-46(38-17-9-3-10-18-38)55-51(58-47)39-19-11-4-12-20-39/h1-31H. The number of fused-ring (bicyclic) bond motifs is 3. The van der Waals surface area contributed by atoms with Gasteiger partial charge >= 0.3 is 0 Å². The minimum atomic E-state index is 0.527. The summed E-state index contributed by atoms with van der Waals surface area (Å²) in [5, 5.41) is 22.1. The van der Waals surface area contributed by atoms with Gasteiger partial charge in [-0.3, -0.25) is 0 Å². The monoisotopic (exact) mass is 753 g/mol. The van der Waals surface area contributed by atoms with E-state index >= 15 is 0 Å². The molecular formula is C52H31N7. The van der Waals surface area contributed by atoms with Gasteiger partial charge in [0.05, 0.1) is 62.8 Å². The second-order valence-electron chi connectivity index (χ2n) is 14.1. The van der Waals surface area contributed by atoms with Crippen molar-refractivity contribution in [1.82, 2.24) is 24.5 Å². The minimum absolute atomic E-state index is 0.527. The van der Waals surface area contributed by atoms with Crippen LogP contribution >= 0.6 is 0 Å². The number of aromatic nitrogens is 5. The third-order valence-corrected chi connectivity index (χ3v) is 10.5. The van der Waals surface area contributed by atoms with E-state index in [-0.39, 0.29) is 0 Å². The zero-order chi connectivity index (χ0) is 39.7.